The molecule has 17 nitrogen and oxygen atoms in total. The maximum Gasteiger partial charge on any atom is 0.472 e. The van der Waals surface area contributed by atoms with Gasteiger partial charge in [0.1, 0.15) is 19.3 Å². The van der Waals surface area contributed by atoms with Crippen LogP contribution in [-0.4, -0.2) is 96.7 Å². The minimum atomic E-state index is -4.95. The molecule has 6 atom stereocenters. The van der Waals surface area contributed by atoms with Crippen molar-refractivity contribution in [2.24, 2.45) is 11.8 Å². The second kappa shape index (κ2) is 58.4. The van der Waals surface area contributed by atoms with Gasteiger partial charge in [0.25, 0.3) is 0 Å². The Labute approximate surface area is 517 Å². The van der Waals surface area contributed by atoms with Crippen molar-refractivity contribution < 1.29 is 80.2 Å². The van der Waals surface area contributed by atoms with Crippen molar-refractivity contribution in [1.29, 1.82) is 0 Å². The molecule has 3 unspecified atom stereocenters. The molecule has 0 aliphatic rings. The Morgan fingerprint density at radius 3 is 0.894 bits per heavy atom. The van der Waals surface area contributed by atoms with E-state index in [-0.39, 0.29) is 25.7 Å². The lowest BCUT2D eigenvalue weighted by molar-refractivity contribution is -0.161. The molecule has 504 valence electrons. The van der Waals surface area contributed by atoms with Crippen LogP contribution in [0.3, 0.4) is 0 Å². The van der Waals surface area contributed by atoms with Crippen LogP contribution in [0.15, 0.2) is 0 Å². The first-order valence-corrected chi connectivity index (χ1v) is 37.5. The first kappa shape index (κ1) is 83.1. The number of carbonyl (C=O) groups excluding carboxylic acids is 4. The van der Waals surface area contributed by atoms with Crippen LogP contribution in [-0.2, 0) is 65.4 Å². The van der Waals surface area contributed by atoms with Crippen molar-refractivity contribution in [3.63, 3.8) is 0 Å². The van der Waals surface area contributed by atoms with Gasteiger partial charge in [0, 0.05) is 25.7 Å². The summed E-state index contributed by atoms with van der Waals surface area (Å²) in [6.45, 7) is 9.46. The number of ether oxygens (including phenoxy) is 4. The molecule has 0 aliphatic carbocycles. The average Bonchev–Trinajstić information content (AvgIpc) is 3.64. The summed E-state index contributed by atoms with van der Waals surface area (Å²) in [5, 5.41) is 10.5. The van der Waals surface area contributed by atoms with Crippen LogP contribution >= 0.6 is 15.6 Å². The minimum Gasteiger partial charge on any atom is -0.462 e. The molecule has 0 aliphatic heterocycles. The van der Waals surface area contributed by atoms with Gasteiger partial charge in [-0.1, -0.05) is 279 Å². The van der Waals surface area contributed by atoms with Crippen molar-refractivity contribution in [1.82, 2.24) is 0 Å². The third kappa shape index (κ3) is 59.5. The molecule has 0 aromatic heterocycles. The summed E-state index contributed by atoms with van der Waals surface area (Å²) in [5.74, 6) is -0.633. The Kier molecular flexibility index (Phi) is 57.1. The first-order chi connectivity index (χ1) is 40.9. The number of phosphoric ester groups is 2. The summed E-state index contributed by atoms with van der Waals surface area (Å²) in [6.07, 6.45) is 41.6. The van der Waals surface area contributed by atoms with E-state index in [4.69, 9.17) is 37.0 Å². The van der Waals surface area contributed by atoms with Gasteiger partial charge in [0.05, 0.1) is 26.4 Å². The molecule has 0 heterocycles. The summed E-state index contributed by atoms with van der Waals surface area (Å²) >= 11 is 0. The Hall–Kier alpha value is -1.94. The van der Waals surface area contributed by atoms with E-state index in [1.165, 1.54) is 148 Å². The molecule has 85 heavy (non-hydrogen) atoms. The van der Waals surface area contributed by atoms with Crippen molar-refractivity contribution in [2.75, 3.05) is 39.6 Å². The molecule has 0 amide bonds. The number of hydrogen-bond donors (Lipinski definition) is 3. The van der Waals surface area contributed by atoms with Crippen molar-refractivity contribution in [3.05, 3.63) is 0 Å². The van der Waals surface area contributed by atoms with Gasteiger partial charge in [0.15, 0.2) is 12.2 Å². The second-order valence-corrected chi connectivity index (χ2v) is 27.5. The molecule has 0 fully saturated rings. The smallest absolute Gasteiger partial charge is 0.462 e. The van der Waals surface area contributed by atoms with Crippen molar-refractivity contribution in [3.8, 4) is 0 Å². The number of rotatable bonds is 65. The quantitative estimate of drug-likeness (QED) is 0.0222. The lowest BCUT2D eigenvalue weighted by Gasteiger charge is -2.21. The SMILES string of the molecule is CCCCCCCCCCCCCCC(=O)OC[C@H](COP(=O)(O)OC[C@@H](O)COP(=O)(O)OC[C@@H](COC(=O)CCCCCCCCCCC)OC(=O)CCCCCCCCCC(C)C)OC(=O)CCCCCCCCCCCCC(C)CC. The van der Waals surface area contributed by atoms with Gasteiger partial charge >= 0.3 is 39.5 Å². The number of esters is 4. The van der Waals surface area contributed by atoms with Gasteiger partial charge < -0.3 is 33.8 Å². The number of unbranched alkanes of at least 4 members (excludes halogenated alkanes) is 34. The Morgan fingerprint density at radius 2 is 0.600 bits per heavy atom. The lowest BCUT2D eigenvalue weighted by atomic mass is 9.99. The molecule has 0 bridgehead atoms. The highest BCUT2D eigenvalue weighted by molar-refractivity contribution is 7.47. The lowest BCUT2D eigenvalue weighted by Crippen LogP contribution is -2.30. The van der Waals surface area contributed by atoms with Crippen LogP contribution in [0.5, 0.6) is 0 Å². The van der Waals surface area contributed by atoms with E-state index in [0.29, 0.717) is 31.6 Å². The van der Waals surface area contributed by atoms with Crippen LogP contribution in [0.2, 0.25) is 0 Å². The highest BCUT2D eigenvalue weighted by Gasteiger charge is 2.30. The summed E-state index contributed by atoms with van der Waals surface area (Å²) in [5.41, 5.74) is 0. The van der Waals surface area contributed by atoms with E-state index < -0.39 is 97.5 Å². The van der Waals surface area contributed by atoms with E-state index in [1.54, 1.807) is 0 Å². The predicted molar refractivity (Wildman–Crippen MR) is 340 cm³/mol. The van der Waals surface area contributed by atoms with E-state index in [9.17, 15) is 43.2 Å². The zero-order valence-corrected chi connectivity index (χ0v) is 56.7. The molecule has 3 N–H and O–H groups in total. The largest absolute Gasteiger partial charge is 0.472 e. The van der Waals surface area contributed by atoms with Crippen LogP contribution < -0.4 is 0 Å². The average molecular weight is 1260 g/mol. The van der Waals surface area contributed by atoms with Gasteiger partial charge in [-0.25, -0.2) is 9.13 Å². The molecule has 0 rings (SSSR count). The van der Waals surface area contributed by atoms with Gasteiger partial charge in [-0.2, -0.15) is 0 Å². The summed E-state index contributed by atoms with van der Waals surface area (Å²) in [4.78, 5) is 72.3. The van der Waals surface area contributed by atoms with E-state index in [2.05, 4.69) is 41.5 Å². The minimum absolute atomic E-state index is 0.103. The molecule has 0 saturated heterocycles. The van der Waals surface area contributed by atoms with Gasteiger partial charge in [-0.05, 0) is 37.5 Å². The topological polar surface area (TPSA) is 237 Å². The monoisotopic (exact) mass is 1250 g/mol. The molecular formula is C66H128O17P2. The highest BCUT2D eigenvalue weighted by atomic mass is 31.2. The zero-order chi connectivity index (χ0) is 62.9. The Bertz CT molecular complexity index is 1670. The van der Waals surface area contributed by atoms with Crippen LogP contribution in [0, 0.1) is 11.8 Å². The number of aliphatic hydroxyl groups excluding tert-OH is 1. The van der Waals surface area contributed by atoms with E-state index in [1.807, 2.05) is 0 Å². The Morgan fingerprint density at radius 1 is 0.341 bits per heavy atom. The number of phosphoric acid groups is 2. The fourth-order valence-corrected chi connectivity index (χ4v) is 11.4. The molecule has 0 saturated carbocycles. The maximum absolute atomic E-state index is 13.0. The summed E-state index contributed by atoms with van der Waals surface area (Å²) in [7, 11) is -9.89. The molecule has 0 aromatic rings. The molecule has 0 aromatic carbocycles. The predicted octanol–water partition coefficient (Wildman–Crippen LogP) is 18.4. The van der Waals surface area contributed by atoms with Crippen LogP contribution in [0.25, 0.3) is 0 Å². The van der Waals surface area contributed by atoms with E-state index >= 15 is 0 Å². The normalized spacial score (nSPS) is 14.6. The van der Waals surface area contributed by atoms with Gasteiger partial charge in [-0.3, -0.25) is 37.3 Å². The van der Waals surface area contributed by atoms with Crippen LogP contribution in [0.4, 0.5) is 0 Å². The van der Waals surface area contributed by atoms with Crippen molar-refractivity contribution in [2.45, 2.75) is 349 Å². The molecule has 19 heteroatoms. The maximum atomic E-state index is 13.0. The fraction of sp³-hybridized carbons (Fsp3) is 0.939. The van der Waals surface area contributed by atoms with Gasteiger partial charge in [-0.15, -0.1) is 0 Å². The number of carbonyl (C=O) groups is 4. The van der Waals surface area contributed by atoms with Gasteiger partial charge in [0.2, 0.25) is 0 Å². The zero-order valence-electron chi connectivity index (χ0n) is 54.9. The highest BCUT2D eigenvalue weighted by Crippen LogP contribution is 2.45. The third-order valence-corrected chi connectivity index (χ3v) is 17.5. The number of hydrogen-bond acceptors (Lipinski definition) is 15. The molecule has 0 radical (unpaired) electrons. The number of aliphatic hydroxyl groups is 1. The first-order valence-electron chi connectivity index (χ1n) is 34.5. The fourth-order valence-electron chi connectivity index (χ4n) is 9.85. The third-order valence-electron chi connectivity index (χ3n) is 15.6. The van der Waals surface area contributed by atoms with Crippen LogP contribution in [0.1, 0.15) is 330 Å². The van der Waals surface area contributed by atoms with Crippen molar-refractivity contribution >= 4 is 39.5 Å². The molecular weight excluding hydrogens is 1130 g/mol. The second-order valence-electron chi connectivity index (χ2n) is 24.6. The Balaban J connectivity index is 5.24. The summed E-state index contributed by atoms with van der Waals surface area (Å²) < 4.78 is 68.1. The summed E-state index contributed by atoms with van der Waals surface area (Å²) in [6, 6.07) is 0. The standard InChI is InChI=1S/C66H128O17P2/c1-7-10-12-14-16-18-19-20-25-31-37-43-49-64(69)77-54-61(82-65(70)50-44-38-32-26-22-21-24-29-35-41-47-59(6)9-3)56-80-84(72,73)78-52-60(67)53-79-85(74,75)81-57-62(55-76-63(68)48-42-36-30-23-17-15-13-11-8-2)83-66(71)51-45-39-33-27-28-34-40-46-58(4)5/h58-62,67H,7-57H2,1-6H3,(H,72,73)(H,74,75)/t59?,60-,61-,62-/m1/s1. The van der Waals surface area contributed by atoms with E-state index in [0.717, 1.165) is 95.8 Å². The molecule has 0 spiro atoms.